The van der Waals surface area contributed by atoms with Gasteiger partial charge in [-0.2, -0.15) is 5.26 Å². The zero-order valence-electron chi connectivity index (χ0n) is 7.85. The third-order valence-electron chi connectivity index (χ3n) is 1.86. The maximum absolute atomic E-state index is 11.2. The van der Waals surface area contributed by atoms with Gasteiger partial charge in [0.15, 0.2) is 6.29 Å². The third-order valence-corrected chi connectivity index (χ3v) is 2.34. The van der Waals surface area contributed by atoms with Crippen LogP contribution in [-0.4, -0.2) is 19.4 Å². The molecular formula is C10H7NO3S. The molecule has 0 amide bonds. The Balaban J connectivity index is 3.43. The highest BCUT2D eigenvalue weighted by molar-refractivity contribution is 7.80. The summed E-state index contributed by atoms with van der Waals surface area (Å²) < 4.78 is 4.50. The van der Waals surface area contributed by atoms with Crippen LogP contribution in [0.4, 0.5) is 0 Å². The molecule has 1 aromatic carbocycles. The first-order chi connectivity index (χ1) is 7.15. The van der Waals surface area contributed by atoms with Gasteiger partial charge in [0, 0.05) is 10.5 Å². The van der Waals surface area contributed by atoms with Gasteiger partial charge in [-0.1, -0.05) is 0 Å². The van der Waals surface area contributed by atoms with Crippen LogP contribution in [0.1, 0.15) is 26.3 Å². The van der Waals surface area contributed by atoms with Crippen LogP contribution in [0.2, 0.25) is 0 Å². The second kappa shape index (κ2) is 4.62. The molecule has 0 atom stereocenters. The summed E-state index contributed by atoms with van der Waals surface area (Å²) in [4.78, 5) is 22.1. The Hall–Kier alpha value is -1.80. The lowest BCUT2D eigenvalue weighted by atomic mass is 10.1. The monoisotopic (exact) mass is 221 g/mol. The summed E-state index contributed by atoms with van der Waals surface area (Å²) in [6.45, 7) is 0. The van der Waals surface area contributed by atoms with Crippen LogP contribution in [-0.2, 0) is 4.74 Å². The van der Waals surface area contributed by atoms with Crippen LogP contribution in [0.15, 0.2) is 17.0 Å². The number of esters is 1. The number of aldehydes is 1. The standard InChI is InChI=1S/C10H7NO3S/c1-14-10(13)7-3-2-6(4-11)8(5-12)9(7)15/h2-3,5,15H,1H3. The van der Waals surface area contributed by atoms with Crippen molar-refractivity contribution in [1.82, 2.24) is 0 Å². The Morgan fingerprint density at radius 3 is 2.73 bits per heavy atom. The summed E-state index contributed by atoms with van der Waals surface area (Å²) in [6.07, 6.45) is 0.493. The fourth-order valence-electron chi connectivity index (χ4n) is 1.10. The number of nitriles is 1. The minimum Gasteiger partial charge on any atom is -0.465 e. The second-order valence-electron chi connectivity index (χ2n) is 2.64. The Morgan fingerprint density at radius 2 is 2.27 bits per heavy atom. The maximum Gasteiger partial charge on any atom is 0.339 e. The highest BCUT2D eigenvalue weighted by atomic mass is 32.1. The first-order valence-electron chi connectivity index (χ1n) is 3.95. The van der Waals surface area contributed by atoms with E-state index in [1.165, 1.54) is 19.2 Å². The minimum absolute atomic E-state index is 0.101. The molecule has 0 unspecified atom stereocenters. The molecule has 76 valence electrons. The van der Waals surface area contributed by atoms with E-state index in [2.05, 4.69) is 17.4 Å². The zero-order chi connectivity index (χ0) is 11.4. The van der Waals surface area contributed by atoms with Crippen molar-refractivity contribution < 1.29 is 14.3 Å². The predicted octanol–water partition coefficient (Wildman–Crippen LogP) is 1.45. The van der Waals surface area contributed by atoms with Crippen molar-refractivity contribution in [3.8, 4) is 6.07 Å². The Kier molecular flexibility index (Phi) is 3.47. The number of ether oxygens (including phenoxy) is 1. The number of hydrogen-bond donors (Lipinski definition) is 1. The topological polar surface area (TPSA) is 67.2 Å². The van der Waals surface area contributed by atoms with Gasteiger partial charge >= 0.3 is 5.97 Å². The molecule has 0 saturated carbocycles. The fraction of sp³-hybridized carbons (Fsp3) is 0.100. The van der Waals surface area contributed by atoms with Crippen molar-refractivity contribution in [3.05, 3.63) is 28.8 Å². The van der Waals surface area contributed by atoms with Gasteiger partial charge in [-0.25, -0.2) is 4.79 Å². The largest absolute Gasteiger partial charge is 0.465 e. The molecule has 1 aromatic rings. The average molecular weight is 221 g/mol. The molecule has 0 spiro atoms. The van der Waals surface area contributed by atoms with Gasteiger partial charge in [0.1, 0.15) is 0 Å². The minimum atomic E-state index is -0.590. The molecule has 0 aliphatic rings. The molecule has 15 heavy (non-hydrogen) atoms. The van der Waals surface area contributed by atoms with E-state index in [1.807, 2.05) is 6.07 Å². The maximum atomic E-state index is 11.2. The number of benzene rings is 1. The average Bonchev–Trinajstić information content (AvgIpc) is 2.27. The summed E-state index contributed by atoms with van der Waals surface area (Å²) in [5, 5.41) is 8.70. The number of carbonyl (C=O) groups excluding carboxylic acids is 2. The lowest BCUT2D eigenvalue weighted by molar-refractivity contribution is 0.0597. The quantitative estimate of drug-likeness (QED) is 0.466. The highest BCUT2D eigenvalue weighted by Gasteiger charge is 2.15. The first kappa shape index (κ1) is 11.3. The van der Waals surface area contributed by atoms with Crippen LogP contribution in [0.25, 0.3) is 0 Å². The van der Waals surface area contributed by atoms with Crippen molar-refractivity contribution in [2.45, 2.75) is 4.90 Å². The van der Waals surface area contributed by atoms with Gasteiger partial charge in [-0.3, -0.25) is 4.79 Å². The van der Waals surface area contributed by atoms with Crippen LogP contribution in [0.3, 0.4) is 0 Å². The molecule has 0 fully saturated rings. The first-order valence-corrected chi connectivity index (χ1v) is 4.40. The number of thiol groups is 1. The molecule has 4 nitrogen and oxygen atoms in total. The van der Waals surface area contributed by atoms with Gasteiger partial charge in [-0.05, 0) is 12.1 Å². The van der Waals surface area contributed by atoms with E-state index in [4.69, 9.17) is 5.26 Å². The molecule has 0 saturated heterocycles. The van der Waals surface area contributed by atoms with Crippen molar-refractivity contribution in [2.75, 3.05) is 7.11 Å². The second-order valence-corrected chi connectivity index (χ2v) is 3.09. The summed E-state index contributed by atoms with van der Waals surface area (Å²) in [5.74, 6) is -0.590. The van der Waals surface area contributed by atoms with Crippen molar-refractivity contribution in [2.24, 2.45) is 0 Å². The number of nitrogens with zero attached hydrogens (tertiary/aromatic N) is 1. The molecule has 0 bridgehead atoms. The van der Waals surface area contributed by atoms with Gasteiger partial charge in [0.25, 0.3) is 0 Å². The zero-order valence-corrected chi connectivity index (χ0v) is 8.75. The van der Waals surface area contributed by atoms with Crippen molar-refractivity contribution in [3.63, 3.8) is 0 Å². The number of rotatable bonds is 2. The lowest BCUT2D eigenvalue weighted by Gasteiger charge is -2.05. The Morgan fingerprint density at radius 1 is 1.60 bits per heavy atom. The molecule has 0 radical (unpaired) electrons. The third kappa shape index (κ3) is 2.00. The normalized spacial score (nSPS) is 9.13. The van der Waals surface area contributed by atoms with E-state index in [1.54, 1.807) is 0 Å². The van der Waals surface area contributed by atoms with Crippen LogP contribution in [0, 0.1) is 11.3 Å². The number of methoxy groups -OCH3 is 1. The Labute approximate surface area is 91.9 Å². The summed E-state index contributed by atoms with van der Waals surface area (Å²) in [6, 6.07) is 4.63. The molecule has 0 heterocycles. The van der Waals surface area contributed by atoms with Crippen LogP contribution < -0.4 is 0 Å². The molecular weight excluding hydrogens is 214 g/mol. The number of carbonyl (C=O) groups is 2. The summed E-state index contributed by atoms with van der Waals surface area (Å²) in [7, 11) is 1.23. The fourth-order valence-corrected chi connectivity index (χ4v) is 1.44. The van der Waals surface area contributed by atoms with Crippen molar-refractivity contribution >= 4 is 24.9 Å². The summed E-state index contributed by atoms with van der Waals surface area (Å²) in [5.41, 5.74) is 0.452. The smallest absolute Gasteiger partial charge is 0.339 e. The Bertz CT molecular complexity index is 462. The SMILES string of the molecule is COC(=O)c1ccc(C#N)c(C=O)c1S. The van der Waals surface area contributed by atoms with Crippen LogP contribution >= 0.6 is 12.6 Å². The predicted molar refractivity (Wildman–Crippen MR) is 55.1 cm³/mol. The van der Waals surface area contributed by atoms with E-state index >= 15 is 0 Å². The molecule has 0 aliphatic heterocycles. The van der Waals surface area contributed by atoms with E-state index in [0.717, 1.165) is 0 Å². The molecule has 0 aromatic heterocycles. The van der Waals surface area contributed by atoms with E-state index in [-0.39, 0.29) is 21.6 Å². The lowest BCUT2D eigenvalue weighted by Crippen LogP contribution is -2.05. The molecule has 5 heteroatoms. The van der Waals surface area contributed by atoms with E-state index in [9.17, 15) is 9.59 Å². The van der Waals surface area contributed by atoms with Gasteiger partial charge in [0.2, 0.25) is 0 Å². The van der Waals surface area contributed by atoms with Gasteiger partial charge in [0.05, 0.1) is 24.3 Å². The molecule has 0 N–H and O–H groups in total. The van der Waals surface area contributed by atoms with E-state index < -0.39 is 5.97 Å². The molecule has 1 rings (SSSR count). The van der Waals surface area contributed by atoms with Gasteiger partial charge in [-0.15, -0.1) is 12.6 Å². The molecule has 0 aliphatic carbocycles. The van der Waals surface area contributed by atoms with Crippen LogP contribution in [0.5, 0.6) is 0 Å². The van der Waals surface area contributed by atoms with E-state index in [0.29, 0.717) is 6.29 Å². The van der Waals surface area contributed by atoms with Gasteiger partial charge < -0.3 is 4.74 Å². The van der Waals surface area contributed by atoms with Crippen molar-refractivity contribution in [1.29, 1.82) is 5.26 Å². The number of hydrogen-bond acceptors (Lipinski definition) is 5. The summed E-state index contributed by atoms with van der Waals surface area (Å²) >= 11 is 4.03. The highest BCUT2D eigenvalue weighted by Crippen LogP contribution is 2.21.